The molecule has 8 aromatic carbocycles. The molecule has 0 saturated carbocycles. The maximum absolute atomic E-state index is 4.36. The summed E-state index contributed by atoms with van der Waals surface area (Å²) in [6.07, 6.45) is 12.8. The highest BCUT2D eigenvalue weighted by Gasteiger charge is 2.19. The maximum atomic E-state index is 4.36. The van der Waals surface area contributed by atoms with Gasteiger partial charge in [0.2, 0.25) is 0 Å². The third-order valence-corrected chi connectivity index (χ3v) is 12.2. The van der Waals surface area contributed by atoms with E-state index in [4.69, 9.17) is 0 Å². The molecule has 0 saturated heterocycles. The van der Waals surface area contributed by atoms with Gasteiger partial charge in [0.05, 0.1) is 27.8 Å². The van der Waals surface area contributed by atoms with E-state index in [1.54, 1.807) is 0 Å². The molecule has 1 aliphatic rings. The van der Waals surface area contributed by atoms with Crippen molar-refractivity contribution >= 4 is 73.2 Å². The summed E-state index contributed by atoms with van der Waals surface area (Å²) < 4.78 is 4.89. The summed E-state index contributed by atoms with van der Waals surface area (Å²) in [7, 11) is 0. The van der Waals surface area contributed by atoms with Crippen molar-refractivity contribution < 1.29 is 0 Å². The molecule has 11 rings (SSSR count). The normalized spacial score (nSPS) is 14.0. The van der Waals surface area contributed by atoms with Crippen LogP contribution in [0, 0.1) is 6.92 Å². The first kappa shape index (κ1) is 40.0. The molecule has 3 nitrogen and oxygen atoms in total. The summed E-state index contributed by atoms with van der Waals surface area (Å²) in [4.78, 5) is 2.27. The second kappa shape index (κ2) is 17.3. The molecule has 3 heteroatoms. The number of fused-ring (bicyclic) bond motifs is 7. The lowest BCUT2D eigenvalue weighted by Crippen LogP contribution is -2.21. The van der Waals surface area contributed by atoms with Gasteiger partial charge >= 0.3 is 0 Å². The van der Waals surface area contributed by atoms with Crippen LogP contribution in [0.5, 0.6) is 0 Å². The first-order chi connectivity index (χ1) is 31.4. The summed E-state index contributed by atoms with van der Waals surface area (Å²) in [6, 6.07) is 67.0. The predicted octanol–water partition coefficient (Wildman–Crippen LogP) is 14.6. The minimum atomic E-state index is 0.738. The lowest BCUT2D eigenvalue weighted by molar-refractivity contribution is 0.849. The Balaban J connectivity index is 0.000000319. The molecule has 0 fully saturated rings. The summed E-state index contributed by atoms with van der Waals surface area (Å²) in [6.45, 7) is 13.7. The molecule has 2 aromatic heterocycles. The van der Waals surface area contributed by atoms with Crippen molar-refractivity contribution in [3.05, 3.63) is 252 Å². The number of allylic oxidation sites excluding steroid dienone is 6. The minimum absolute atomic E-state index is 0.738. The summed E-state index contributed by atoms with van der Waals surface area (Å²) in [5.41, 5.74) is 15.4. The van der Waals surface area contributed by atoms with E-state index >= 15 is 0 Å². The van der Waals surface area contributed by atoms with Crippen LogP contribution in [0.1, 0.15) is 18.1 Å². The molecule has 308 valence electrons. The Hall–Kier alpha value is -8.14. The smallest absolute Gasteiger partial charge is 0.0541 e. The van der Waals surface area contributed by atoms with Crippen molar-refractivity contribution in [2.75, 3.05) is 4.90 Å². The summed E-state index contributed by atoms with van der Waals surface area (Å²) in [5, 5.41) is 7.15. The van der Waals surface area contributed by atoms with Crippen molar-refractivity contribution in [2.45, 2.75) is 20.4 Å². The van der Waals surface area contributed by atoms with Crippen LogP contribution in [-0.2, 0) is 6.54 Å². The van der Waals surface area contributed by atoms with Crippen molar-refractivity contribution in [1.82, 2.24) is 9.13 Å². The standard InChI is InChI=1S/C48H37N3.C13H12/c1-33(23-24-36-16-5-4-14-34(36)2)32-50-47-30-37(49-29-13-12-15-35(3)39-17-6-9-20-44(39)49)25-27-42(47)43-28-26-38(31-48(43)50)51-45-21-10-7-18-40(45)41-19-8-11-22-46(41)51;1-11-6-5-9-13(10-11)12-7-3-2-4-8-12/h4-31H,2-3,32H2,1H3;2-10H,1H3/b15-12-,29-13-,33-23+,36-24-;. The number of aromatic nitrogens is 2. The minimum Gasteiger partial charge on any atom is -0.336 e. The fourth-order valence-electron chi connectivity index (χ4n) is 9.08. The number of aryl methyl sites for hydroxylation is 1. The topological polar surface area (TPSA) is 13.1 Å². The van der Waals surface area contributed by atoms with Crippen molar-refractivity contribution in [3.8, 4) is 16.8 Å². The number of rotatable bonds is 6. The quantitative estimate of drug-likeness (QED) is 0.163. The summed E-state index contributed by atoms with van der Waals surface area (Å²) >= 11 is 0. The van der Waals surface area contributed by atoms with Gasteiger partial charge in [-0.1, -0.05) is 194 Å². The number of para-hydroxylation sites is 3. The highest BCUT2D eigenvalue weighted by Crippen LogP contribution is 2.40. The number of nitrogens with zero attached hydrogens (tertiary/aromatic N) is 3. The Morgan fingerprint density at radius 2 is 1.14 bits per heavy atom. The largest absolute Gasteiger partial charge is 0.336 e. The molecule has 0 aliphatic carbocycles. The van der Waals surface area contributed by atoms with E-state index in [0.29, 0.717) is 0 Å². The zero-order chi connectivity index (χ0) is 43.6. The molecule has 0 amide bonds. The van der Waals surface area contributed by atoms with E-state index in [1.165, 1.54) is 65.9 Å². The van der Waals surface area contributed by atoms with Gasteiger partial charge in [-0.2, -0.15) is 0 Å². The molecular formula is C61H49N3. The third kappa shape index (κ3) is 7.69. The molecule has 0 unspecified atom stereocenters. The SMILES string of the molecule is C=C1/C=C\C=C/N(c2ccc3c4ccc(-n5c6ccccc6c6ccccc65)cc4n(C/C(C)=C/C=c4/ccccc4=C)c3c2)c2ccccc21.Cc1cccc(-c2ccccc2)c1. The molecule has 3 heterocycles. The fraction of sp³-hybridized carbons (Fsp3) is 0.0492. The van der Waals surface area contributed by atoms with Crippen LogP contribution < -0.4 is 15.3 Å². The van der Waals surface area contributed by atoms with Gasteiger partial charge in [-0.3, -0.25) is 0 Å². The maximum Gasteiger partial charge on any atom is 0.0541 e. The van der Waals surface area contributed by atoms with Crippen molar-refractivity contribution in [1.29, 1.82) is 0 Å². The van der Waals surface area contributed by atoms with E-state index in [9.17, 15) is 0 Å². The first-order valence-corrected chi connectivity index (χ1v) is 21.9. The van der Waals surface area contributed by atoms with Crippen LogP contribution in [0.25, 0.3) is 78.7 Å². The lowest BCUT2D eigenvalue weighted by atomic mass is 10.0. The van der Waals surface area contributed by atoms with Gasteiger partial charge in [-0.05, 0) is 89.5 Å². The average molecular weight is 824 g/mol. The Labute approximate surface area is 375 Å². The molecule has 1 aliphatic heterocycles. The molecule has 0 N–H and O–H groups in total. The van der Waals surface area contributed by atoms with Gasteiger partial charge in [-0.25, -0.2) is 0 Å². The number of anilines is 2. The zero-order valence-electron chi connectivity index (χ0n) is 36.3. The van der Waals surface area contributed by atoms with Gasteiger partial charge < -0.3 is 14.0 Å². The van der Waals surface area contributed by atoms with E-state index < -0.39 is 0 Å². The van der Waals surface area contributed by atoms with Crippen LogP contribution in [0.2, 0.25) is 0 Å². The molecule has 10 aromatic rings. The van der Waals surface area contributed by atoms with Gasteiger partial charge in [0.15, 0.2) is 0 Å². The number of hydrogen-bond acceptors (Lipinski definition) is 1. The van der Waals surface area contributed by atoms with Crippen LogP contribution in [0.15, 0.2) is 231 Å². The Kier molecular flexibility index (Phi) is 10.8. The van der Waals surface area contributed by atoms with Crippen LogP contribution in [0.3, 0.4) is 0 Å². The molecule has 0 bridgehead atoms. The van der Waals surface area contributed by atoms with E-state index in [0.717, 1.165) is 45.2 Å². The van der Waals surface area contributed by atoms with Crippen LogP contribution >= 0.6 is 0 Å². The zero-order valence-corrected chi connectivity index (χ0v) is 36.3. The molecule has 0 radical (unpaired) electrons. The Morgan fingerprint density at radius 3 is 1.88 bits per heavy atom. The highest BCUT2D eigenvalue weighted by molar-refractivity contribution is 6.12. The second-order valence-electron chi connectivity index (χ2n) is 16.6. The van der Waals surface area contributed by atoms with Gasteiger partial charge in [0.25, 0.3) is 0 Å². The second-order valence-corrected chi connectivity index (χ2v) is 16.6. The van der Waals surface area contributed by atoms with Gasteiger partial charge in [0.1, 0.15) is 0 Å². The van der Waals surface area contributed by atoms with Gasteiger partial charge in [0, 0.05) is 51.2 Å². The van der Waals surface area contributed by atoms with E-state index in [-0.39, 0.29) is 0 Å². The Bertz CT molecular complexity index is 3540. The van der Waals surface area contributed by atoms with Gasteiger partial charge in [-0.15, -0.1) is 0 Å². The first-order valence-electron chi connectivity index (χ1n) is 21.9. The average Bonchev–Trinajstić information content (AvgIpc) is 3.82. The predicted molar refractivity (Wildman–Crippen MR) is 276 cm³/mol. The fourth-order valence-corrected chi connectivity index (χ4v) is 9.08. The molecule has 0 spiro atoms. The summed E-state index contributed by atoms with van der Waals surface area (Å²) in [5.74, 6) is 0. The molecule has 64 heavy (non-hydrogen) atoms. The third-order valence-electron chi connectivity index (χ3n) is 12.2. The number of benzene rings is 8. The lowest BCUT2D eigenvalue weighted by Gasteiger charge is -2.25. The van der Waals surface area contributed by atoms with Crippen LogP contribution in [0.4, 0.5) is 11.4 Å². The number of hydrogen-bond donors (Lipinski definition) is 0. The van der Waals surface area contributed by atoms with E-state index in [2.05, 4.69) is 254 Å². The molecule has 0 atom stereocenters. The van der Waals surface area contributed by atoms with E-state index in [1.807, 2.05) is 12.1 Å². The monoisotopic (exact) mass is 823 g/mol. The van der Waals surface area contributed by atoms with Crippen molar-refractivity contribution in [3.63, 3.8) is 0 Å². The van der Waals surface area contributed by atoms with Crippen LogP contribution in [-0.4, -0.2) is 9.13 Å². The Morgan fingerprint density at radius 1 is 0.531 bits per heavy atom. The highest BCUT2D eigenvalue weighted by atomic mass is 15.1. The molecular weight excluding hydrogens is 775 g/mol. The van der Waals surface area contributed by atoms with Crippen molar-refractivity contribution in [2.24, 2.45) is 0 Å².